The predicted molar refractivity (Wildman–Crippen MR) is 77.7 cm³/mol. The maximum atomic E-state index is 4.58. The van der Waals surface area contributed by atoms with Crippen molar-refractivity contribution in [3.63, 3.8) is 0 Å². The van der Waals surface area contributed by atoms with Gasteiger partial charge in [0.1, 0.15) is 0 Å². The number of aromatic nitrogens is 2. The van der Waals surface area contributed by atoms with Gasteiger partial charge >= 0.3 is 0 Å². The molecule has 3 heteroatoms. The van der Waals surface area contributed by atoms with Gasteiger partial charge in [-0.15, -0.1) is 0 Å². The van der Waals surface area contributed by atoms with Gasteiger partial charge in [-0.1, -0.05) is 12.1 Å². The van der Waals surface area contributed by atoms with Crippen LogP contribution in [0.25, 0.3) is 5.69 Å². The van der Waals surface area contributed by atoms with Gasteiger partial charge in [-0.05, 0) is 56.8 Å². The molecule has 3 rings (SSSR count). The third kappa shape index (κ3) is 2.30. The first-order valence-electron chi connectivity index (χ1n) is 7.09. The highest BCUT2D eigenvalue weighted by atomic mass is 15.1. The number of benzene rings is 1. The number of aryl methyl sites for hydroxylation is 2. The Bertz CT molecular complexity index is 584. The zero-order valence-electron chi connectivity index (χ0n) is 11.7. The first-order chi connectivity index (χ1) is 9.29. The molecule has 0 fully saturated rings. The van der Waals surface area contributed by atoms with Crippen molar-refractivity contribution in [2.75, 3.05) is 7.05 Å². The molecular weight excluding hydrogens is 234 g/mol. The van der Waals surface area contributed by atoms with Gasteiger partial charge in [0.05, 0.1) is 12.0 Å². The van der Waals surface area contributed by atoms with Crippen LogP contribution in [-0.2, 0) is 19.4 Å². The molecule has 3 nitrogen and oxygen atoms in total. The Hall–Kier alpha value is -1.61. The second-order valence-electron chi connectivity index (χ2n) is 5.37. The van der Waals surface area contributed by atoms with Crippen molar-refractivity contribution in [2.24, 2.45) is 0 Å². The molecule has 0 saturated heterocycles. The SMILES string of the molecule is CNCc1ccc(-n2cnc3c2CCCC3)c(C)c1. The molecule has 1 aromatic carbocycles. The maximum absolute atomic E-state index is 4.58. The van der Waals surface area contributed by atoms with E-state index in [9.17, 15) is 0 Å². The van der Waals surface area contributed by atoms with Crippen molar-refractivity contribution in [1.29, 1.82) is 0 Å². The molecule has 0 bridgehead atoms. The van der Waals surface area contributed by atoms with Crippen LogP contribution in [-0.4, -0.2) is 16.6 Å². The van der Waals surface area contributed by atoms with E-state index >= 15 is 0 Å². The van der Waals surface area contributed by atoms with Crippen molar-refractivity contribution < 1.29 is 0 Å². The number of hydrogen-bond donors (Lipinski definition) is 1. The van der Waals surface area contributed by atoms with Gasteiger partial charge in [0.15, 0.2) is 0 Å². The lowest BCUT2D eigenvalue weighted by Crippen LogP contribution is -2.09. The van der Waals surface area contributed by atoms with Gasteiger partial charge in [0, 0.05) is 17.9 Å². The molecule has 0 radical (unpaired) electrons. The lowest BCUT2D eigenvalue weighted by molar-refractivity contribution is 0.655. The van der Waals surface area contributed by atoms with Crippen molar-refractivity contribution in [1.82, 2.24) is 14.9 Å². The van der Waals surface area contributed by atoms with Gasteiger partial charge in [-0.25, -0.2) is 4.98 Å². The molecule has 1 aliphatic carbocycles. The predicted octanol–water partition coefficient (Wildman–Crippen LogP) is 2.78. The number of nitrogens with one attached hydrogen (secondary N) is 1. The Balaban J connectivity index is 2.00. The smallest absolute Gasteiger partial charge is 0.0997 e. The Morgan fingerprint density at radius 3 is 2.89 bits per heavy atom. The van der Waals surface area contributed by atoms with Crippen molar-refractivity contribution >= 4 is 0 Å². The Kier molecular flexibility index (Phi) is 3.38. The molecule has 1 aromatic heterocycles. The normalized spacial score (nSPS) is 14.4. The van der Waals surface area contributed by atoms with E-state index < -0.39 is 0 Å². The second-order valence-corrected chi connectivity index (χ2v) is 5.37. The first-order valence-corrected chi connectivity index (χ1v) is 7.09. The molecular formula is C16H21N3. The molecule has 1 N–H and O–H groups in total. The van der Waals surface area contributed by atoms with E-state index in [-0.39, 0.29) is 0 Å². The van der Waals surface area contributed by atoms with Crippen LogP contribution in [0.15, 0.2) is 24.5 Å². The zero-order valence-corrected chi connectivity index (χ0v) is 11.7. The van der Waals surface area contributed by atoms with Crippen LogP contribution >= 0.6 is 0 Å². The summed E-state index contributed by atoms with van der Waals surface area (Å²) in [5.41, 5.74) is 6.63. The van der Waals surface area contributed by atoms with Crippen LogP contribution in [0.1, 0.15) is 35.4 Å². The lowest BCUT2D eigenvalue weighted by atomic mass is 10.0. The van der Waals surface area contributed by atoms with E-state index in [1.54, 1.807) is 0 Å². The topological polar surface area (TPSA) is 29.9 Å². The molecule has 2 aromatic rings. The highest BCUT2D eigenvalue weighted by molar-refractivity contribution is 5.45. The highest BCUT2D eigenvalue weighted by Crippen LogP contribution is 2.25. The van der Waals surface area contributed by atoms with E-state index in [0.29, 0.717) is 0 Å². The van der Waals surface area contributed by atoms with Crippen LogP contribution in [0, 0.1) is 6.92 Å². The van der Waals surface area contributed by atoms with E-state index in [2.05, 4.69) is 40.0 Å². The van der Waals surface area contributed by atoms with E-state index in [1.165, 1.54) is 41.0 Å². The Labute approximate surface area is 114 Å². The summed E-state index contributed by atoms with van der Waals surface area (Å²) >= 11 is 0. The van der Waals surface area contributed by atoms with Crippen molar-refractivity contribution in [2.45, 2.75) is 39.2 Å². The first kappa shape index (κ1) is 12.4. The highest BCUT2D eigenvalue weighted by Gasteiger charge is 2.16. The Morgan fingerprint density at radius 1 is 1.26 bits per heavy atom. The standard InChI is InChI=1S/C16H21N3/c1-12-9-13(10-17-2)7-8-15(12)19-11-18-14-5-3-4-6-16(14)19/h7-9,11,17H,3-6,10H2,1-2H3. The molecule has 0 spiro atoms. The van der Waals surface area contributed by atoms with E-state index in [0.717, 1.165) is 19.4 Å². The van der Waals surface area contributed by atoms with Gasteiger partial charge < -0.3 is 9.88 Å². The van der Waals surface area contributed by atoms with Crippen LogP contribution in [0.2, 0.25) is 0 Å². The van der Waals surface area contributed by atoms with Gasteiger partial charge in [-0.2, -0.15) is 0 Å². The van der Waals surface area contributed by atoms with Crippen molar-refractivity contribution in [3.8, 4) is 5.69 Å². The lowest BCUT2D eigenvalue weighted by Gasteiger charge is -2.16. The fraction of sp³-hybridized carbons (Fsp3) is 0.438. The summed E-state index contributed by atoms with van der Waals surface area (Å²) in [5, 5.41) is 3.20. The monoisotopic (exact) mass is 255 g/mol. The average molecular weight is 255 g/mol. The average Bonchev–Trinajstić information content (AvgIpc) is 2.83. The van der Waals surface area contributed by atoms with Crippen LogP contribution in [0.5, 0.6) is 0 Å². The summed E-state index contributed by atoms with van der Waals surface area (Å²) in [6.45, 7) is 3.10. The van der Waals surface area contributed by atoms with Gasteiger partial charge in [0.2, 0.25) is 0 Å². The molecule has 19 heavy (non-hydrogen) atoms. The number of hydrogen-bond acceptors (Lipinski definition) is 2. The molecule has 0 aliphatic heterocycles. The number of rotatable bonds is 3. The minimum atomic E-state index is 0.920. The molecule has 100 valence electrons. The number of nitrogens with zero attached hydrogens (tertiary/aromatic N) is 2. The zero-order chi connectivity index (χ0) is 13.2. The van der Waals surface area contributed by atoms with Gasteiger partial charge in [-0.3, -0.25) is 0 Å². The largest absolute Gasteiger partial charge is 0.316 e. The van der Waals surface area contributed by atoms with Crippen molar-refractivity contribution in [3.05, 3.63) is 47.0 Å². The summed E-state index contributed by atoms with van der Waals surface area (Å²) in [4.78, 5) is 4.58. The summed E-state index contributed by atoms with van der Waals surface area (Å²) in [5.74, 6) is 0. The summed E-state index contributed by atoms with van der Waals surface area (Å²) < 4.78 is 2.28. The van der Waals surface area contributed by atoms with Crippen LogP contribution < -0.4 is 5.32 Å². The summed E-state index contributed by atoms with van der Waals surface area (Å²) in [7, 11) is 1.98. The quantitative estimate of drug-likeness (QED) is 0.914. The molecule has 0 unspecified atom stereocenters. The summed E-state index contributed by atoms with van der Waals surface area (Å²) in [6, 6.07) is 6.69. The number of imidazole rings is 1. The van der Waals surface area contributed by atoms with Gasteiger partial charge in [0.25, 0.3) is 0 Å². The molecule has 0 atom stereocenters. The Morgan fingerprint density at radius 2 is 2.11 bits per heavy atom. The fourth-order valence-corrected chi connectivity index (χ4v) is 2.98. The molecule has 0 amide bonds. The molecule has 0 saturated carbocycles. The fourth-order valence-electron chi connectivity index (χ4n) is 2.98. The van der Waals surface area contributed by atoms with E-state index in [1.807, 2.05) is 13.4 Å². The number of fused-ring (bicyclic) bond motifs is 1. The minimum absolute atomic E-state index is 0.920. The van der Waals surface area contributed by atoms with Crippen LogP contribution in [0.4, 0.5) is 0 Å². The maximum Gasteiger partial charge on any atom is 0.0997 e. The third-order valence-corrected chi connectivity index (χ3v) is 3.93. The van der Waals surface area contributed by atoms with E-state index in [4.69, 9.17) is 0 Å². The molecule has 1 aliphatic rings. The van der Waals surface area contributed by atoms with Crippen LogP contribution in [0.3, 0.4) is 0 Å². The molecule has 1 heterocycles. The second kappa shape index (κ2) is 5.17. The third-order valence-electron chi connectivity index (χ3n) is 3.93. The summed E-state index contributed by atoms with van der Waals surface area (Å²) in [6.07, 6.45) is 6.86. The minimum Gasteiger partial charge on any atom is -0.316 e.